The highest BCUT2D eigenvalue weighted by molar-refractivity contribution is 7.99. The van der Waals surface area contributed by atoms with E-state index >= 15 is 0 Å². The van der Waals surface area contributed by atoms with Gasteiger partial charge in [0.15, 0.2) is 0 Å². The van der Waals surface area contributed by atoms with Gasteiger partial charge in [-0.25, -0.2) is 9.59 Å². The maximum Gasteiger partial charge on any atom is 0.348 e. The molecule has 0 spiro atoms. The van der Waals surface area contributed by atoms with Gasteiger partial charge in [0.1, 0.15) is 31.9 Å². The lowest BCUT2D eigenvalue weighted by molar-refractivity contribution is -0.116. The summed E-state index contributed by atoms with van der Waals surface area (Å²) in [5.74, 6) is -0.848. The number of thioether (sulfide) groups is 1. The molecule has 0 unspecified atom stereocenters. The third-order valence-corrected chi connectivity index (χ3v) is 8.39. The number of rotatable bonds is 12. The number of esters is 2. The first-order valence-corrected chi connectivity index (χ1v) is 14.8. The van der Waals surface area contributed by atoms with E-state index < -0.39 is 11.9 Å². The molecule has 13 heteroatoms. The molecule has 0 aromatic carbocycles. The van der Waals surface area contributed by atoms with Crippen molar-refractivity contribution in [1.29, 1.82) is 10.5 Å². The van der Waals surface area contributed by atoms with E-state index in [0.29, 0.717) is 32.6 Å². The molecule has 0 atom stereocenters. The predicted molar refractivity (Wildman–Crippen MR) is 152 cm³/mol. The number of thiophene rings is 2. The number of hydrogen-bond acceptors (Lipinski definition) is 11. The zero-order valence-electron chi connectivity index (χ0n) is 22.6. The Kier molecular flexibility index (Phi) is 12.0. The summed E-state index contributed by atoms with van der Waals surface area (Å²) in [4.78, 5) is 50.0. The molecule has 0 saturated heterocycles. The van der Waals surface area contributed by atoms with Crippen molar-refractivity contribution >= 4 is 68.2 Å². The number of amides is 2. The van der Waals surface area contributed by atoms with Crippen LogP contribution in [0.4, 0.5) is 10.0 Å². The van der Waals surface area contributed by atoms with Gasteiger partial charge in [-0.1, -0.05) is 0 Å². The minimum atomic E-state index is -0.537. The minimum Gasteiger partial charge on any atom is -0.459 e. The third kappa shape index (κ3) is 8.82. The van der Waals surface area contributed by atoms with Crippen molar-refractivity contribution in [2.24, 2.45) is 0 Å². The second-order valence-electron chi connectivity index (χ2n) is 8.86. The number of ether oxygens (including phenoxy) is 2. The number of nitrogens with zero attached hydrogens (tertiary/aromatic N) is 2. The van der Waals surface area contributed by atoms with E-state index in [1.807, 2.05) is 12.1 Å². The van der Waals surface area contributed by atoms with Crippen LogP contribution in [0.5, 0.6) is 0 Å². The van der Waals surface area contributed by atoms with Crippen molar-refractivity contribution in [3.63, 3.8) is 0 Å². The fourth-order valence-corrected chi connectivity index (χ4v) is 6.18. The Morgan fingerprint density at radius 3 is 1.44 bits per heavy atom. The van der Waals surface area contributed by atoms with Gasteiger partial charge in [0.2, 0.25) is 11.8 Å². The number of anilines is 2. The van der Waals surface area contributed by atoms with Crippen molar-refractivity contribution in [2.75, 3.05) is 22.1 Å². The Labute approximate surface area is 239 Å². The number of nitrogens with one attached hydrogen (secondary N) is 2. The second kappa shape index (κ2) is 14.7. The van der Waals surface area contributed by atoms with Crippen LogP contribution in [0.3, 0.4) is 0 Å². The first-order chi connectivity index (χ1) is 18.4. The molecular formula is C26H30N4O6S3. The van der Waals surface area contributed by atoms with Crippen LogP contribution < -0.4 is 10.6 Å². The number of hydrogen-bond donors (Lipinski definition) is 2. The lowest BCUT2D eigenvalue weighted by atomic mass is 10.2. The molecule has 0 bridgehead atoms. The minimum absolute atomic E-state index is 0.143. The normalized spacial score (nSPS) is 10.6. The molecule has 208 valence electrons. The number of nitriles is 2. The molecule has 39 heavy (non-hydrogen) atoms. The zero-order valence-corrected chi connectivity index (χ0v) is 25.0. The van der Waals surface area contributed by atoms with E-state index in [2.05, 4.69) is 10.6 Å². The van der Waals surface area contributed by atoms with E-state index in [0.717, 1.165) is 22.7 Å². The molecule has 0 aliphatic heterocycles. The van der Waals surface area contributed by atoms with Crippen LogP contribution in [-0.2, 0) is 19.1 Å². The van der Waals surface area contributed by atoms with Crippen LogP contribution in [0, 0.1) is 36.5 Å². The smallest absolute Gasteiger partial charge is 0.348 e. The van der Waals surface area contributed by atoms with E-state index in [4.69, 9.17) is 9.47 Å². The lowest BCUT2D eigenvalue weighted by Crippen LogP contribution is -2.14. The van der Waals surface area contributed by atoms with Crippen molar-refractivity contribution < 1.29 is 28.7 Å². The summed E-state index contributed by atoms with van der Waals surface area (Å²) in [6.07, 6.45) is -0.334. The number of carbonyl (C=O) groups excluding carboxylic acids is 4. The monoisotopic (exact) mass is 590 g/mol. The van der Waals surface area contributed by atoms with E-state index in [-0.39, 0.29) is 57.7 Å². The van der Waals surface area contributed by atoms with Crippen LogP contribution in [-0.4, -0.2) is 47.5 Å². The zero-order chi connectivity index (χ0) is 29.3. The van der Waals surface area contributed by atoms with E-state index in [1.165, 1.54) is 11.8 Å². The van der Waals surface area contributed by atoms with Gasteiger partial charge in [-0.2, -0.15) is 22.3 Å². The van der Waals surface area contributed by atoms with Crippen LogP contribution in [0.2, 0.25) is 0 Å². The van der Waals surface area contributed by atoms with E-state index in [1.54, 1.807) is 41.5 Å². The highest BCUT2D eigenvalue weighted by Crippen LogP contribution is 2.34. The van der Waals surface area contributed by atoms with Gasteiger partial charge in [0, 0.05) is 24.3 Å². The Bertz CT molecular complexity index is 1230. The molecule has 0 aliphatic carbocycles. The molecule has 2 N–H and O–H groups in total. The predicted octanol–water partition coefficient (Wildman–Crippen LogP) is 5.39. The molecule has 2 amide bonds. The first-order valence-electron chi connectivity index (χ1n) is 12.1. The molecule has 0 aliphatic rings. The summed E-state index contributed by atoms with van der Waals surface area (Å²) >= 11 is 3.41. The molecule has 2 aromatic rings. The van der Waals surface area contributed by atoms with Gasteiger partial charge >= 0.3 is 11.9 Å². The number of carbonyl (C=O) groups is 4. The van der Waals surface area contributed by atoms with Crippen molar-refractivity contribution in [3.8, 4) is 12.1 Å². The van der Waals surface area contributed by atoms with Crippen LogP contribution in [0.25, 0.3) is 0 Å². The topological polar surface area (TPSA) is 158 Å². The van der Waals surface area contributed by atoms with Gasteiger partial charge in [-0.05, 0) is 52.7 Å². The summed E-state index contributed by atoms with van der Waals surface area (Å²) in [5.41, 5.74) is 1.39. The van der Waals surface area contributed by atoms with Gasteiger partial charge in [0.25, 0.3) is 0 Å². The first kappa shape index (κ1) is 31.8. The Hall–Kier alpha value is -3.39. The summed E-state index contributed by atoms with van der Waals surface area (Å²) in [6.45, 7) is 10.2. The Morgan fingerprint density at radius 2 is 1.13 bits per heavy atom. The Morgan fingerprint density at radius 1 is 0.769 bits per heavy atom. The second-order valence-corrected chi connectivity index (χ2v) is 12.1. The van der Waals surface area contributed by atoms with Gasteiger partial charge in [-0.3, -0.25) is 9.59 Å². The van der Waals surface area contributed by atoms with Crippen molar-refractivity contribution in [3.05, 3.63) is 32.0 Å². The molecule has 10 nitrogen and oxygen atoms in total. The summed E-state index contributed by atoms with van der Waals surface area (Å²) in [5, 5.41) is 24.9. The SMILES string of the molecule is Cc1c(C(=O)OC(C)C)sc(NC(=O)CCSCCC(=O)Nc2sc(C(=O)OC(C)C)c(C)c2C#N)c1C#N. The largest absolute Gasteiger partial charge is 0.459 e. The molecule has 0 saturated carbocycles. The standard InChI is InChI=1S/C26H30N4O6S3/c1-13(2)35-25(33)21-15(5)17(11-27)23(38-21)29-19(31)7-9-37-10-8-20(32)30-24-18(12-28)16(6)22(39-24)26(34)36-14(3)4/h13-14H,7-10H2,1-6H3,(H,29,31)(H,30,32). The van der Waals surface area contributed by atoms with E-state index in [9.17, 15) is 29.7 Å². The van der Waals surface area contributed by atoms with Crippen LogP contribution in [0.1, 0.15) is 82.1 Å². The van der Waals surface area contributed by atoms with Crippen molar-refractivity contribution in [2.45, 2.75) is 66.6 Å². The van der Waals surface area contributed by atoms with Crippen LogP contribution in [0.15, 0.2) is 0 Å². The maximum atomic E-state index is 12.4. The summed E-state index contributed by atoms with van der Waals surface area (Å²) < 4.78 is 10.4. The average Bonchev–Trinajstić information content (AvgIpc) is 3.32. The Balaban J connectivity index is 1.85. The highest BCUT2D eigenvalue weighted by Gasteiger charge is 2.24. The molecule has 2 rings (SSSR count). The fraction of sp³-hybridized carbons (Fsp3) is 0.462. The average molecular weight is 591 g/mol. The van der Waals surface area contributed by atoms with Crippen LogP contribution >= 0.6 is 34.4 Å². The maximum absolute atomic E-state index is 12.4. The van der Waals surface area contributed by atoms with Crippen molar-refractivity contribution in [1.82, 2.24) is 0 Å². The molecule has 0 radical (unpaired) electrons. The third-order valence-electron chi connectivity index (χ3n) is 5.03. The molecular weight excluding hydrogens is 561 g/mol. The molecule has 0 fully saturated rings. The summed E-state index contributed by atoms with van der Waals surface area (Å²) in [7, 11) is 0. The molecule has 2 heterocycles. The fourth-order valence-electron chi connectivity index (χ4n) is 3.21. The van der Waals surface area contributed by atoms with Gasteiger partial charge < -0.3 is 20.1 Å². The highest BCUT2D eigenvalue weighted by atomic mass is 32.2. The van der Waals surface area contributed by atoms with Gasteiger partial charge in [-0.15, -0.1) is 22.7 Å². The summed E-state index contributed by atoms with van der Waals surface area (Å²) in [6, 6.07) is 4.05. The van der Waals surface area contributed by atoms with Gasteiger partial charge in [0.05, 0.1) is 23.3 Å². The molecule has 2 aromatic heterocycles. The lowest BCUT2D eigenvalue weighted by Gasteiger charge is -2.06. The quantitative estimate of drug-likeness (QED) is 0.244.